The van der Waals surface area contributed by atoms with Crippen molar-refractivity contribution in [1.82, 2.24) is 14.8 Å². The quantitative estimate of drug-likeness (QED) is 0.804. The van der Waals surface area contributed by atoms with E-state index in [0.29, 0.717) is 11.8 Å². The highest BCUT2D eigenvalue weighted by Crippen LogP contribution is 2.32. The Morgan fingerprint density at radius 3 is 2.74 bits per heavy atom. The summed E-state index contributed by atoms with van der Waals surface area (Å²) >= 11 is 0. The maximum atomic E-state index is 5.58. The Morgan fingerprint density at radius 1 is 1.22 bits per heavy atom. The van der Waals surface area contributed by atoms with Gasteiger partial charge in [-0.25, -0.2) is 4.68 Å². The third kappa shape index (κ3) is 2.38. The first kappa shape index (κ1) is 13.6. The Kier molecular flexibility index (Phi) is 3.15. The van der Waals surface area contributed by atoms with Crippen LogP contribution in [-0.2, 0) is 0 Å². The van der Waals surface area contributed by atoms with E-state index in [1.807, 2.05) is 48.0 Å². The van der Waals surface area contributed by atoms with E-state index in [1.165, 1.54) is 0 Å². The van der Waals surface area contributed by atoms with Crippen LogP contribution in [0, 0.1) is 6.92 Å². The third-order valence-electron chi connectivity index (χ3n) is 3.81. The summed E-state index contributed by atoms with van der Waals surface area (Å²) < 4.78 is 12.6. The monoisotopic (exact) mass is 308 g/mol. The van der Waals surface area contributed by atoms with E-state index in [-0.39, 0.29) is 6.04 Å². The number of furan rings is 1. The first-order chi connectivity index (χ1) is 11.2. The van der Waals surface area contributed by atoms with Crippen molar-refractivity contribution in [2.45, 2.75) is 13.0 Å². The number of hydrogen-bond acceptors (Lipinski definition) is 5. The molecule has 0 aliphatic carbocycles. The normalized spacial score (nSPS) is 16.4. The molecule has 1 atom stereocenters. The molecule has 1 N–H and O–H groups in total. The van der Waals surface area contributed by atoms with Gasteiger partial charge in [0.25, 0.3) is 0 Å². The van der Waals surface area contributed by atoms with E-state index in [9.17, 15) is 0 Å². The summed E-state index contributed by atoms with van der Waals surface area (Å²) in [7, 11) is 1.66. The van der Waals surface area contributed by atoms with Crippen molar-refractivity contribution in [3.63, 3.8) is 0 Å². The number of aryl methyl sites for hydroxylation is 1. The third-order valence-corrected chi connectivity index (χ3v) is 3.81. The van der Waals surface area contributed by atoms with Gasteiger partial charge in [0.2, 0.25) is 5.95 Å². The van der Waals surface area contributed by atoms with Gasteiger partial charge in [-0.2, -0.15) is 10.1 Å². The van der Waals surface area contributed by atoms with Crippen LogP contribution in [-0.4, -0.2) is 21.9 Å². The molecule has 0 radical (unpaired) electrons. The molecule has 6 nitrogen and oxygen atoms in total. The molecule has 1 aromatic carbocycles. The number of nitrogens with zero attached hydrogens (tertiary/aromatic N) is 3. The first-order valence-electron chi connectivity index (χ1n) is 7.34. The lowest BCUT2D eigenvalue weighted by Crippen LogP contribution is -2.19. The molecular weight excluding hydrogens is 292 g/mol. The number of ether oxygens (including phenoxy) is 1. The van der Waals surface area contributed by atoms with Crippen LogP contribution in [0.2, 0.25) is 0 Å². The summed E-state index contributed by atoms with van der Waals surface area (Å²) in [6.45, 7) is 1.87. The molecule has 1 aliphatic heterocycles. The molecule has 0 bridgehead atoms. The van der Waals surface area contributed by atoms with Crippen molar-refractivity contribution in [1.29, 1.82) is 0 Å². The van der Waals surface area contributed by atoms with Gasteiger partial charge >= 0.3 is 0 Å². The molecule has 0 fully saturated rings. The predicted molar refractivity (Wildman–Crippen MR) is 86.2 cm³/mol. The van der Waals surface area contributed by atoms with Gasteiger partial charge in [0.15, 0.2) is 0 Å². The number of anilines is 1. The van der Waals surface area contributed by atoms with E-state index in [1.54, 1.807) is 13.4 Å². The van der Waals surface area contributed by atoms with Gasteiger partial charge in [0.05, 0.1) is 13.4 Å². The van der Waals surface area contributed by atoms with E-state index in [0.717, 1.165) is 22.8 Å². The minimum atomic E-state index is -0.125. The highest BCUT2D eigenvalue weighted by Gasteiger charge is 2.26. The Bertz CT molecular complexity index is 847. The topological polar surface area (TPSA) is 65.1 Å². The van der Waals surface area contributed by atoms with Crippen molar-refractivity contribution in [3.05, 3.63) is 65.9 Å². The molecule has 116 valence electrons. The van der Waals surface area contributed by atoms with E-state index >= 15 is 0 Å². The zero-order valence-electron chi connectivity index (χ0n) is 12.9. The zero-order chi connectivity index (χ0) is 15.8. The summed E-state index contributed by atoms with van der Waals surface area (Å²) in [6, 6.07) is 11.6. The molecule has 3 aromatic rings. The Labute approximate surface area is 133 Å². The number of nitrogens with one attached hydrogen (secondary N) is 1. The number of fused-ring (bicyclic) bond motifs is 1. The fraction of sp³-hybridized carbons (Fsp3) is 0.176. The Hall–Kier alpha value is -3.02. The number of hydrogen-bond donors (Lipinski definition) is 1. The van der Waals surface area contributed by atoms with Crippen LogP contribution in [0.15, 0.2) is 53.2 Å². The highest BCUT2D eigenvalue weighted by atomic mass is 16.5. The molecule has 3 heterocycles. The number of aromatic nitrogens is 3. The molecule has 4 rings (SSSR count). The van der Waals surface area contributed by atoms with Crippen LogP contribution in [0.4, 0.5) is 5.95 Å². The molecular formula is C17H16N4O2. The largest absolute Gasteiger partial charge is 0.497 e. The van der Waals surface area contributed by atoms with Gasteiger partial charge in [-0.1, -0.05) is 0 Å². The van der Waals surface area contributed by atoms with Crippen molar-refractivity contribution < 1.29 is 9.15 Å². The minimum Gasteiger partial charge on any atom is -0.497 e. The molecule has 0 saturated carbocycles. The zero-order valence-corrected chi connectivity index (χ0v) is 12.9. The van der Waals surface area contributed by atoms with Gasteiger partial charge in [0, 0.05) is 5.70 Å². The number of allylic oxidation sites excluding steroid dienone is 1. The second-order valence-corrected chi connectivity index (χ2v) is 5.32. The molecule has 6 heteroatoms. The molecule has 1 aliphatic rings. The summed E-state index contributed by atoms with van der Waals surface area (Å²) in [5, 5.41) is 7.79. The van der Waals surface area contributed by atoms with Crippen molar-refractivity contribution in [2.75, 3.05) is 12.4 Å². The fourth-order valence-electron chi connectivity index (χ4n) is 2.70. The molecule has 1 unspecified atom stereocenters. The lowest BCUT2D eigenvalue weighted by atomic mass is 10.1. The van der Waals surface area contributed by atoms with Crippen molar-refractivity contribution >= 4 is 11.6 Å². The van der Waals surface area contributed by atoms with Crippen molar-refractivity contribution in [3.8, 4) is 5.75 Å². The SMILES string of the molecule is COc1ccc(C2=CC(c3ccco3)n3nc(C)nc3N2)cc1. The second kappa shape index (κ2) is 5.31. The number of rotatable bonds is 3. The molecule has 0 saturated heterocycles. The van der Waals surface area contributed by atoms with E-state index in [4.69, 9.17) is 9.15 Å². The number of methoxy groups -OCH3 is 1. The van der Waals surface area contributed by atoms with Crippen LogP contribution < -0.4 is 10.1 Å². The summed E-state index contributed by atoms with van der Waals surface area (Å²) in [5.74, 6) is 3.07. The van der Waals surface area contributed by atoms with Crippen LogP contribution in [0.25, 0.3) is 5.70 Å². The smallest absolute Gasteiger partial charge is 0.226 e. The van der Waals surface area contributed by atoms with Crippen LogP contribution in [0.3, 0.4) is 0 Å². The maximum Gasteiger partial charge on any atom is 0.226 e. The summed E-state index contributed by atoms with van der Waals surface area (Å²) in [5.41, 5.74) is 2.02. The number of benzene rings is 1. The lowest BCUT2D eigenvalue weighted by Gasteiger charge is -2.22. The summed E-state index contributed by atoms with van der Waals surface area (Å²) in [6.07, 6.45) is 3.75. The first-order valence-corrected chi connectivity index (χ1v) is 7.34. The molecule has 23 heavy (non-hydrogen) atoms. The molecule has 0 spiro atoms. The predicted octanol–water partition coefficient (Wildman–Crippen LogP) is 3.24. The standard InChI is InChI=1S/C17H16N4O2/c1-11-18-17-19-14(12-5-7-13(22-2)8-6-12)10-15(21(17)20-11)16-4-3-9-23-16/h3-10,15H,1-2H3,(H,18,19,20). The second-order valence-electron chi connectivity index (χ2n) is 5.32. The maximum absolute atomic E-state index is 5.58. The highest BCUT2D eigenvalue weighted by molar-refractivity contribution is 5.77. The van der Waals surface area contributed by atoms with Gasteiger partial charge in [-0.15, -0.1) is 0 Å². The van der Waals surface area contributed by atoms with Gasteiger partial charge < -0.3 is 14.5 Å². The molecule has 0 amide bonds. The average molecular weight is 308 g/mol. The fourth-order valence-corrected chi connectivity index (χ4v) is 2.70. The lowest BCUT2D eigenvalue weighted by molar-refractivity contribution is 0.415. The van der Waals surface area contributed by atoms with Crippen LogP contribution >= 0.6 is 0 Å². The Morgan fingerprint density at radius 2 is 2.04 bits per heavy atom. The van der Waals surface area contributed by atoms with E-state index in [2.05, 4.69) is 21.5 Å². The minimum absolute atomic E-state index is 0.125. The van der Waals surface area contributed by atoms with Gasteiger partial charge in [0.1, 0.15) is 23.4 Å². The van der Waals surface area contributed by atoms with Gasteiger partial charge in [-0.05, 0) is 55.0 Å². The average Bonchev–Trinajstić information content (AvgIpc) is 3.22. The van der Waals surface area contributed by atoms with Crippen molar-refractivity contribution in [2.24, 2.45) is 0 Å². The van der Waals surface area contributed by atoms with Crippen LogP contribution in [0.1, 0.15) is 23.2 Å². The van der Waals surface area contributed by atoms with Crippen LogP contribution in [0.5, 0.6) is 5.75 Å². The van der Waals surface area contributed by atoms with E-state index < -0.39 is 0 Å². The van der Waals surface area contributed by atoms with Gasteiger partial charge in [-0.3, -0.25) is 0 Å². The summed E-state index contributed by atoms with van der Waals surface area (Å²) in [4.78, 5) is 4.45. The Balaban J connectivity index is 1.78. The molecule has 2 aromatic heterocycles.